The molecule has 1 saturated heterocycles. The van der Waals surface area contributed by atoms with Crippen molar-refractivity contribution in [1.29, 1.82) is 0 Å². The number of nitrogens with zero attached hydrogens (tertiary/aromatic N) is 1. The number of methoxy groups -OCH3 is 2. The van der Waals surface area contributed by atoms with Gasteiger partial charge in [-0.15, -0.1) is 0 Å². The van der Waals surface area contributed by atoms with E-state index in [9.17, 15) is 0 Å². The van der Waals surface area contributed by atoms with Gasteiger partial charge in [0, 0.05) is 31.3 Å². The molecule has 21 heavy (non-hydrogen) atoms. The van der Waals surface area contributed by atoms with E-state index in [1.165, 1.54) is 0 Å². The highest BCUT2D eigenvalue weighted by Gasteiger charge is 2.27. The summed E-state index contributed by atoms with van der Waals surface area (Å²) in [4.78, 5) is 2.36. The summed E-state index contributed by atoms with van der Waals surface area (Å²) in [6.07, 6.45) is 1.13. The molecule has 4 nitrogen and oxygen atoms in total. The van der Waals surface area contributed by atoms with Crippen molar-refractivity contribution < 1.29 is 9.47 Å². The van der Waals surface area contributed by atoms with Crippen LogP contribution in [0.1, 0.15) is 20.3 Å². The van der Waals surface area contributed by atoms with E-state index in [-0.39, 0.29) is 0 Å². The van der Waals surface area contributed by atoms with E-state index in [0.29, 0.717) is 22.7 Å². The zero-order valence-corrected chi connectivity index (χ0v) is 14.0. The number of hydrogen-bond donors (Lipinski definition) is 1. The van der Waals surface area contributed by atoms with Crippen LogP contribution in [0, 0.1) is 5.92 Å². The van der Waals surface area contributed by atoms with Crippen LogP contribution < -0.4 is 19.7 Å². The molecule has 1 aromatic carbocycles. The molecule has 0 saturated carbocycles. The summed E-state index contributed by atoms with van der Waals surface area (Å²) in [5, 5.41) is 4.14. The van der Waals surface area contributed by atoms with Crippen molar-refractivity contribution in [2.24, 2.45) is 5.92 Å². The van der Waals surface area contributed by atoms with Gasteiger partial charge in [-0.25, -0.2) is 0 Å². The van der Waals surface area contributed by atoms with E-state index in [1.807, 2.05) is 12.1 Å². The molecule has 2 atom stereocenters. The van der Waals surface area contributed by atoms with Gasteiger partial charge in [0.15, 0.2) is 0 Å². The molecule has 5 heteroatoms. The van der Waals surface area contributed by atoms with Crippen molar-refractivity contribution in [1.82, 2.24) is 5.32 Å². The Balaban J connectivity index is 2.22. The highest BCUT2D eigenvalue weighted by atomic mass is 35.5. The summed E-state index contributed by atoms with van der Waals surface area (Å²) in [5.74, 6) is 2.08. The van der Waals surface area contributed by atoms with Crippen LogP contribution in [-0.4, -0.2) is 39.9 Å². The number of rotatable bonds is 5. The molecular formula is C16H25ClN2O2. The quantitative estimate of drug-likeness (QED) is 0.905. The standard InChI is InChI=1S/C16H25ClN2O2/c1-5-18-13-6-7-19(10-11(13)2)14-9-15(20-3)12(17)8-16(14)21-4/h8-9,11,13,18H,5-7,10H2,1-4H3. The van der Waals surface area contributed by atoms with Gasteiger partial charge in [0.2, 0.25) is 0 Å². The summed E-state index contributed by atoms with van der Waals surface area (Å²) in [7, 11) is 3.31. The number of anilines is 1. The summed E-state index contributed by atoms with van der Waals surface area (Å²) in [5.41, 5.74) is 1.06. The lowest BCUT2D eigenvalue weighted by Crippen LogP contribution is -2.48. The molecule has 2 unspecified atom stereocenters. The Morgan fingerprint density at radius 3 is 2.57 bits per heavy atom. The van der Waals surface area contributed by atoms with Crippen molar-refractivity contribution in [3.63, 3.8) is 0 Å². The molecule has 0 amide bonds. The molecule has 0 bridgehead atoms. The lowest BCUT2D eigenvalue weighted by molar-refractivity contribution is 0.324. The third-order valence-corrected chi connectivity index (χ3v) is 4.46. The van der Waals surface area contributed by atoms with Crippen LogP contribution in [0.15, 0.2) is 12.1 Å². The van der Waals surface area contributed by atoms with Gasteiger partial charge in [-0.3, -0.25) is 0 Å². The molecule has 1 heterocycles. The Kier molecular flexibility index (Phi) is 5.59. The smallest absolute Gasteiger partial charge is 0.143 e. The van der Waals surface area contributed by atoms with E-state index < -0.39 is 0 Å². The number of nitrogens with one attached hydrogen (secondary N) is 1. The predicted octanol–water partition coefficient (Wildman–Crippen LogP) is 3.18. The molecule has 0 spiro atoms. The van der Waals surface area contributed by atoms with E-state index in [2.05, 4.69) is 24.1 Å². The lowest BCUT2D eigenvalue weighted by atomic mass is 9.93. The summed E-state index contributed by atoms with van der Waals surface area (Å²) in [6, 6.07) is 4.39. The first-order chi connectivity index (χ1) is 10.1. The Morgan fingerprint density at radius 2 is 2.00 bits per heavy atom. The number of piperidine rings is 1. The average Bonchev–Trinajstić information content (AvgIpc) is 2.49. The number of ether oxygens (including phenoxy) is 2. The predicted molar refractivity (Wildman–Crippen MR) is 88.0 cm³/mol. The lowest BCUT2D eigenvalue weighted by Gasteiger charge is -2.39. The first-order valence-electron chi connectivity index (χ1n) is 7.50. The maximum atomic E-state index is 6.18. The Labute approximate surface area is 132 Å². The van der Waals surface area contributed by atoms with Gasteiger partial charge in [-0.1, -0.05) is 25.4 Å². The van der Waals surface area contributed by atoms with Gasteiger partial charge in [-0.05, 0) is 18.9 Å². The molecule has 118 valence electrons. The van der Waals surface area contributed by atoms with Crippen molar-refractivity contribution in [3.05, 3.63) is 17.2 Å². The van der Waals surface area contributed by atoms with Crippen molar-refractivity contribution in [3.8, 4) is 11.5 Å². The van der Waals surface area contributed by atoms with Gasteiger partial charge >= 0.3 is 0 Å². The van der Waals surface area contributed by atoms with Crippen molar-refractivity contribution in [2.45, 2.75) is 26.3 Å². The van der Waals surface area contributed by atoms with E-state index in [4.69, 9.17) is 21.1 Å². The molecule has 0 aromatic heterocycles. The first-order valence-corrected chi connectivity index (χ1v) is 7.88. The maximum Gasteiger partial charge on any atom is 0.143 e. The Hall–Kier alpha value is -1.13. The Bertz CT molecular complexity index is 482. The largest absolute Gasteiger partial charge is 0.495 e. The van der Waals surface area contributed by atoms with Crippen LogP contribution in [0.25, 0.3) is 0 Å². The van der Waals surface area contributed by atoms with Crippen molar-refractivity contribution in [2.75, 3.05) is 38.8 Å². The minimum Gasteiger partial charge on any atom is -0.495 e. The van der Waals surface area contributed by atoms with Gasteiger partial charge < -0.3 is 19.7 Å². The van der Waals surface area contributed by atoms with Gasteiger partial charge in [0.25, 0.3) is 0 Å². The third kappa shape index (κ3) is 3.55. The molecule has 2 rings (SSSR count). The van der Waals surface area contributed by atoms with E-state index in [0.717, 1.165) is 37.5 Å². The second kappa shape index (κ2) is 7.23. The summed E-state index contributed by atoms with van der Waals surface area (Å²) < 4.78 is 10.8. The van der Waals surface area contributed by atoms with E-state index in [1.54, 1.807) is 14.2 Å². The molecule has 1 fully saturated rings. The number of halogens is 1. The third-order valence-electron chi connectivity index (χ3n) is 4.17. The zero-order chi connectivity index (χ0) is 15.4. The highest BCUT2D eigenvalue weighted by molar-refractivity contribution is 6.32. The van der Waals surface area contributed by atoms with Crippen LogP contribution in [0.5, 0.6) is 11.5 Å². The molecule has 0 aliphatic carbocycles. The van der Waals surface area contributed by atoms with Crippen LogP contribution in [0.3, 0.4) is 0 Å². The topological polar surface area (TPSA) is 33.7 Å². The normalized spacial score (nSPS) is 22.2. The number of benzene rings is 1. The molecular weight excluding hydrogens is 288 g/mol. The van der Waals surface area contributed by atoms with E-state index >= 15 is 0 Å². The number of hydrogen-bond acceptors (Lipinski definition) is 4. The van der Waals surface area contributed by atoms with Crippen molar-refractivity contribution >= 4 is 17.3 Å². The van der Waals surface area contributed by atoms with Crippen LogP contribution >= 0.6 is 11.6 Å². The monoisotopic (exact) mass is 312 g/mol. The second-order valence-corrected chi connectivity index (χ2v) is 5.94. The minimum atomic E-state index is 0.577. The van der Waals surface area contributed by atoms with Crippen LogP contribution in [0.2, 0.25) is 5.02 Å². The first kappa shape index (κ1) is 16.2. The average molecular weight is 313 g/mol. The van der Waals surface area contributed by atoms with Crippen LogP contribution in [0.4, 0.5) is 5.69 Å². The Morgan fingerprint density at radius 1 is 1.29 bits per heavy atom. The molecule has 0 radical (unpaired) electrons. The van der Waals surface area contributed by atoms with Gasteiger partial charge in [0.05, 0.1) is 24.9 Å². The SMILES string of the molecule is CCNC1CCN(c2cc(OC)c(Cl)cc2OC)CC1C. The van der Waals surface area contributed by atoms with Gasteiger partial charge in [0.1, 0.15) is 11.5 Å². The molecule has 1 aromatic rings. The molecule has 1 N–H and O–H groups in total. The summed E-state index contributed by atoms with van der Waals surface area (Å²) >= 11 is 6.18. The molecule has 1 aliphatic rings. The fraction of sp³-hybridized carbons (Fsp3) is 0.625. The second-order valence-electron chi connectivity index (χ2n) is 5.53. The zero-order valence-electron chi connectivity index (χ0n) is 13.3. The molecule has 1 aliphatic heterocycles. The van der Waals surface area contributed by atoms with Crippen LogP contribution in [-0.2, 0) is 0 Å². The minimum absolute atomic E-state index is 0.577. The van der Waals surface area contributed by atoms with Gasteiger partial charge in [-0.2, -0.15) is 0 Å². The fourth-order valence-electron chi connectivity index (χ4n) is 3.02. The fourth-order valence-corrected chi connectivity index (χ4v) is 3.25. The summed E-state index contributed by atoms with van der Waals surface area (Å²) in [6.45, 7) is 7.47. The maximum absolute atomic E-state index is 6.18. The highest BCUT2D eigenvalue weighted by Crippen LogP contribution is 2.39.